The summed E-state index contributed by atoms with van der Waals surface area (Å²) in [5, 5.41) is 8.75. The van der Waals surface area contributed by atoms with Crippen LogP contribution in [0.15, 0.2) is 12.7 Å². The van der Waals surface area contributed by atoms with Crippen LogP contribution < -0.4 is 0 Å². The number of ether oxygens (including phenoxy) is 1. The maximum Gasteiger partial charge on any atom is 0.311 e. The summed E-state index contributed by atoms with van der Waals surface area (Å²) >= 11 is 0. The van der Waals surface area contributed by atoms with Gasteiger partial charge in [0.1, 0.15) is 0 Å². The monoisotopic (exact) mass is 214 g/mol. The molecule has 0 heterocycles. The van der Waals surface area contributed by atoms with Crippen LogP contribution in [0.5, 0.6) is 0 Å². The minimum Gasteiger partial charge on any atom is -0.465 e. The molecule has 1 N–H and O–H groups in total. The third-order valence-corrected chi connectivity index (χ3v) is 2.17. The van der Waals surface area contributed by atoms with Crippen LogP contribution in [0.4, 0.5) is 0 Å². The summed E-state index contributed by atoms with van der Waals surface area (Å²) in [6, 6.07) is 0. The lowest BCUT2D eigenvalue weighted by Crippen LogP contribution is -2.23. The van der Waals surface area contributed by atoms with Gasteiger partial charge >= 0.3 is 5.97 Å². The van der Waals surface area contributed by atoms with Gasteiger partial charge in [0.2, 0.25) is 0 Å². The van der Waals surface area contributed by atoms with Crippen molar-refractivity contribution >= 4 is 5.97 Å². The zero-order valence-corrected chi connectivity index (χ0v) is 9.95. The van der Waals surface area contributed by atoms with E-state index in [1.54, 1.807) is 6.08 Å². The van der Waals surface area contributed by atoms with E-state index in [1.807, 2.05) is 20.8 Å². The Balaban J connectivity index is 3.78. The molecule has 0 aliphatic rings. The Morgan fingerprint density at radius 3 is 2.47 bits per heavy atom. The van der Waals surface area contributed by atoms with Crippen molar-refractivity contribution < 1.29 is 14.6 Å². The number of esters is 1. The van der Waals surface area contributed by atoms with Crippen molar-refractivity contribution in [2.24, 2.45) is 11.3 Å². The Hall–Kier alpha value is -0.830. The largest absolute Gasteiger partial charge is 0.465 e. The Bertz CT molecular complexity index is 203. The van der Waals surface area contributed by atoms with Crippen LogP contribution in [-0.4, -0.2) is 24.3 Å². The molecule has 0 aromatic rings. The molecule has 0 spiro atoms. The van der Waals surface area contributed by atoms with E-state index in [-0.39, 0.29) is 18.5 Å². The number of aliphatic hydroxyl groups excluding tert-OH is 1. The number of allylic oxidation sites excluding steroid dienone is 1. The van der Waals surface area contributed by atoms with E-state index in [4.69, 9.17) is 9.84 Å². The van der Waals surface area contributed by atoms with Crippen LogP contribution in [0.3, 0.4) is 0 Å². The maximum absolute atomic E-state index is 11.4. The van der Waals surface area contributed by atoms with Gasteiger partial charge in [-0.3, -0.25) is 4.79 Å². The van der Waals surface area contributed by atoms with Crippen LogP contribution >= 0.6 is 0 Å². The Morgan fingerprint density at radius 1 is 1.47 bits per heavy atom. The first-order valence-corrected chi connectivity index (χ1v) is 5.32. The number of hydrogen-bond donors (Lipinski definition) is 1. The zero-order valence-electron chi connectivity index (χ0n) is 9.95. The highest BCUT2D eigenvalue weighted by Gasteiger charge is 2.22. The SMILES string of the molecule is C=CC(CCO)CCOC(=O)C(C)(C)C. The molecule has 0 aromatic carbocycles. The molecule has 1 atom stereocenters. The van der Waals surface area contributed by atoms with Gasteiger partial charge in [0.25, 0.3) is 0 Å². The number of carbonyl (C=O) groups is 1. The fraction of sp³-hybridized carbons (Fsp3) is 0.750. The molecule has 0 bridgehead atoms. The van der Waals surface area contributed by atoms with Gasteiger partial charge in [-0.15, -0.1) is 6.58 Å². The molecule has 0 aliphatic heterocycles. The van der Waals surface area contributed by atoms with Gasteiger partial charge in [-0.25, -0.2) is 0 Å². The minimum absolute atomic E-state index is 0.143. The third kappa shape index (κ3) is 6.28. The average Bonchev–Trinajstić information content (AvgIpc) is 2.14. The second-order valence-corrected chi connectivity index (χ2v) is 4.68. The van der Waals surface area contributed by atoms with E-state index in [9.17, 15) is 4.79 Å². The van der Waals surface area contributed by atoms with Crippen LogP contribution in [0, 0.1) is 11.3 Å². The highest BCUT2D eigenvalue weighted by Crippen LogP contribution is 2.16. The van der Waals surface area contributed by atoms with Gasteiger partial charge in [0.05, 0.1) is 12.0 Å². The van der Waals surface area contributed by atoms with Crippen LogP contribution in [0.25, 0.3) is 0 Å². The summed E-state index contributed by atoms with van der Waals surface area (Å²) < 4.78 is 5.12. The summed E-state index contributed by atoms with van der Waals surface area (Å²) in [4.78, 5) is 11.4. The molecule has 1 unspecified atom stereocenters. The quantitative estimate of drug-likeness (QED) is 0.544. The van der Waals surface area contributed by atoms with Crippen molar-refractivity contribution in [2.45, 2.75) is 33.6 Å². The lowest BCUT2D eigenvalue weighted by Gasteiger charge is -2.17. The summed E-state index contributed by atoms with van der Waals surface area (Å²) in [7, 11) is 0. The molecule has 88 valence electrons. The summed E-state index contributed by atoms with van der Waals surface area (Å²) in [5.41, 5.74) is -0.444. The smallest absolute Gasteiger partial charge is 0.311 e. The van der Waals surface area contributed by atoms with Gasteiger partial charge < -0.3 is 9.84 Å². The second-order valence-electron chi connectivity index (χ2n) is 4.68. The van der Waals surface area contributed by atoms with E-state index in [2.05, 4.69) is 6.58 Å². The molecule has 0 aliphatic carbocycles. The number of hydrogen-bond acceptors (Lipinski definition) is 3. The summed E-state index contributed by atoms with van der Waals surface area (Å²) in [5.74, 6) is 0.0390. The highest BCUT2D eigenvalue weighted by atomic mass is 16.5. The van der Waals surface area contributed by atoms with Gasteiger partial charge in [0.15, 0.2) is 0 Å². The molecule has 0 amide bonds. The maximum atomic E-state index is 11.4. The molecular weight excluding hydrogens is 192 g/mol. The van der Waals surface area contributed by atoms with Gasteiger partial charge in [-0.05, 0) is 39.5 Å². The van der Waals surface area contributed by atoms with Gasteiger partial charge in [-0.1, -0.05) is 6.08 Å². The van der Waals surface area contributed by atoms with Crippen LogP contribution in [0.1, 0.15) is 33.6 Å². The number of carbonyl (C=O) groups excluding carboxylic acids is 1. The third-order valence-electron chi connectivity index (χ3n) is 2.17. The Morgan fingerprint density at radius 2 is 2.07 bits per heavy atom. The molecule has 3 nitrogen and oxygen atoms in total. The minimum atomic E-state index is -0.444. The predicted octanol–water partition coefficient (Wildman–Crippen LogP) is 2.15. The molecule has 0 rings (SSSR count). The molecule has 0 saturated carbocycles. The van der Waals surface area contributed by atoms with Crippen LogP contribution in [0.2, 0.25) is 0 Å². The molecule has 0 fully saturated rings. The molecule has 0 saturated heterocycles. The average molecular weight is 214 g/mol. The normalized spacial score (nSPS) is 13.3. The molecule has 3 heteroatoms. The number of rotatable bonds is 6. The first-order chi connectivity index (χ1) is 6.91. The molecular formula is C12H22O3. The number of aliphatic hydroxyl groups is 1. The van der Waals surface area contributed by atoms with Gasteiger partial charge in [0, 0.05) is 6.61 Å². The lowest BCUT2D eigenvalue weighted by atomic mass is 9.97. The van der Waals surface area contributed by atoms with Crippen LogP contribution in [-0.2, 0) is 9.53 Å². The fourth-order valence-electron chi connectivity index (χ4n) is 1.07. The predicted molar refractivity (Wildman–Crippen MR) is 60.4 cm³/mol. The Kier molecular flexibility index (Phi) is 6.25. The van der Waals surface area contributed by atoms with Crippen molar-refractivity contribution in [3.05, 3.63) is 12.7 Å². The highest BCUT2D eigenvalue weighted by molar-refractivity contribution is 5.75. The topological polar surface area (TPSA) is 46.5 Å². The standard InChI is InChI=1S/C12H22O3/c1-5-10(6-8-13)7-9-15-11(14)12(2,3)4/h5,10,13H,1,6-9H2,2-4H3. The van der Waals surface area contributed by atoms with Crippen molar-refractivity contribution in [1.82, 2.24) is 0 Å². The lowest BCUT2D eigenvalue weighted by molar-refractivity contribution is -0.153. The van der Waals surface area contributed by atoms with E-state index >= 15 is 0 Å². The van der Waals surface area contributed by atoms with E-state index < -0.39 is 5.41 Å². The van der Waals surface area contributed by atoms with E-state index in [1.165, 1.54) is 0 Å². The molecule has 15 heavy (non-hydrogen) atoms. The fourth-order valence-corrected chi connectivity index (χ4v) is 1.07. The summed E-state index contributed by atoms with van der Waals surface area (Å²) in [6.45, 7) is 9.70. The van der Waals surface area contributed by atoms with Crippen molar-refractivity contribution in [3.8, 4) is 0 Å². The summed E-state index contributed by atoms with van der Waals surface area (Å²) in [6.07, 6.45) is 3.20. The molecule has 0 aromatic heterocycles. The Labute approximate surface area is 92.1 Å². The van der Waals surface area contributed by atoms with E-state index in [0.717, 1.165) is 6.42 Å². The van der Waals surface area contributed by atoms with Crippen molar-refractivity contribution in [1.29, 1.82) is 0 Å². The second kappa shape index (κ2) is 6.62. The van der Waals surface area contributed by atoms with E-state index in [0.29, 0.717) is 13.0 Å². The van der Waals surface area contributed by atoms with Gasteiger partial charge in [-0.2, -0.15) is 0 Å². The first kappa shape index (κ1) is 14.2. The van der Waals surface area contributed by atoms with Crippen molar-refractivity contribution in [2.75, 3.05) is 13.2 Å². The molecule has 0 radical (unpaired) electrons. The van der Waals surface area contributed by atoms with Crippen molar-refractivity contribution in [3.63, 3.8) is 0 Å². The zero-order chi connectivity index (χ0) is 11.9. The first-order valence-electron chi connectivity index (χ1n) is 5.32.